The Morgan fingerprint density at radius 2 is 2.20 bits per heavy atom. The van der Waals surface area contributed by atoms with Gasteiger partial charge in [0.1, 0.15) is 0 Å². The molecule has 2 aliphatic rings. The minimum Gasteiger partial charge on any atom is -0.300 e. The van der Waals surface area contributed by atoms with Crippen LogP contribution in [-0.2, 0) is 12.8 Å². The maximum atomic E-state index is 8.94. The molecule has 20 heavy (non-hydrogen) atoms. The van der Waals surface area contributed by atoms with E-state index in [0.717, 1.165) is 19.0 Å². The van der Waals surface area contributed by atoms with Crippen LogP contribution in [0.4, 0.5) is 0 Å². The molecule has 1 atom stereocenters. The zero-order chi connectivity index (χ0) is 13.9. The van der Waals surface area contributed by atoms with E-state index in [1.54, 1.807) is 11.3 Å². The highest BCUT2D eigenvalue weighted by molar-refractivity contribution is 7.11. The van der Waals surface area contributed by atoms with Crippen molar-refractivity contribution >= 4 is 11.3 Å². The van der Waals surface area contributed by atoms with Crippen LogP contribution in [0.15, 0.2) is 0 Å². The first-order valence-electron chi connectivity index (χ1n) is 7.87. The van der Waals surface area contributed by atoms with Gasteiger partial charge in [-0.2, -0.15) is 5.26 Å². The summed E-state index contributed by atoms with van der Waals surface area (Å²) in [6.07, 6.45) is 8.20. The highest BCUT2D eigenvalue weighted by Gasteiger charge is 2.29. The van der Waals surface area contributed by atoms with Crippen LogP contribution in [0.1, 0.15) is 60.5 Å². The van der Waals surface area contributed by atoms with Crippen LogP contribution in [0, 0.1) is 11.3 Å². The first-order valence-corrected chi connectivity index (χ1v) is 8.69. The Morgan fingerprint density at radius 3 is 2.90 bits per heavy atom. The van der Waals surface area contributed by atoms with Gasteiger partial charge in [0.25, 0.3) is 0 Å². The van der Waals surface area contributed by atoms with E-state index in [4.69, 9.17) is 10.2 Å². The van der Waals surface area contributed by atoms with Crippen molar-refractivity contribution in [3.63, 3.8) is 0 Å². The summed E-state index contributed by atoms with van der Waals surface area (Å²) < 4.78 is 0. The average Bonchev–Trinajstić information content (AvgIpc) is 3.21. The molecule has 2 fully saturated rings. The quantitative estimate of drug-likeness (QED) is 0.833. The monoisotopic (exact) mass is 289 g/mol. The lowest BCUT2D eigenvalue weighted by atomic mass is 10.0. The number of aromatic nitrogens is 1. The maximum Gasteiger partial charge on any atom is 0.0944 e. The summed E-state index contributed by atoms with van der Waals surface area (Å²) >= 11 is 1.78. The van der Waals surface area contributed by atoms with E-state index in [-0.39, 0.29) is 0 Å². The molecule has 0 amide bonds. The van der Waals surface area contributed by atoms with Gasteiger partial charge in [0.15, 0.2) is 0 Å². The van der Waals surface area contributed by atoms with E-state index >= 15 is 0 Å². The number of nitrogens with zero attached hydrogens (tertiary/aromatic N) is 3. The second-order valence-electron chi connectivity index (χ2n) is 6.16. The molecule has 1 aliphatic carbocycles. The average molecular weight is 289 g/mol. The van der Waals surface area contributed by atoms with Crippen molar-refractivity contribution in [1.82, 2.24) is 9.88 Å². The van der Waals surface area contributed by atoms with Crippen LogP contribution in [0.25, 0.3) is 0 Å². The predicted molar refractivity (Wildman–Crippen MR) is 82.0 cm³/mol. The smallest absolute Gasteiger partial charge is 0.0944 e. The number of rotatable bonds is 5. The van der Waals surface area contributed by atoms with Crippen LogP contribution in [0.5, 0.6) is 0 Å². The molecule has 0 N–H and O–H groups in total. The number of hydrogen-bond acceptors (Lipinski definition) is 4. The summed E-state index contributed by atoms with van der Waals surface area (Å²) in [4.78, 5) is 8.68. The van der Waals surface area contributed by atoms with E-state index in [1.807, 2.05) is 0 Å². The Morgan fingerprint density at radius 1 is 1.35 bits per heavy atom. The summed E-state index contributed by atoms with van der Waals surface area (Å²) in [5.41, 5.74) is 1.25. The van der Waals surface area contributed by atoms with E-state index < -0.39 is 0 Å². The van der Waals surface area contributed by atoms with Gasteiger partial charge >= 0.3 is 0 Å². The normalized spacial score (nSPS) is 23.7. The van der Waals surface area contributed by atoms with E-state index in [0.29, 0.717) is 12.3 Å². The van der Waals surface area contributed by atoms with E-state index in [9.17, 15) is 0 Å². The van der Waals surface area contributed by atoms with Crippen molar-refractivity contribution in [2.45, 2.75) is 63.8 Å². The number of thiazole rings is 1. The van der Waals surface area contributed by atoms with Crippen molar-refractivity contribution < 1.29 is 0 Å². The molecule has 1 aromatic rings. The fraction of sp³-hybridized carbons (Fsp3) is 0.750. The molecule has 1 aromatic heterocycles. The molecule has 0 aromatic carbocycles. The minimum atomic E-state index is 0.545. The van der Waals surface area contributed by atoms with Gasteiger partial charge in [0.05, 0.1) is 23.2 Å². The summed E-state index contributed by atoms with van der Waals surface area (Å²) in [5, 5.41) is 10.2. The molecule has 4 heteroatoms. The third-order valence-electron chi connectivity index (χ3n) is 4.53. The molecule has 1 saturated heterocycles. The Bertz CT molecular complexity index is 498. The Hall–Kier alpha value is -0.920. The van der Waals surface area contributed by atoms with Gasteiger partial charge in [-0.15, -0.1) is 11.3 Å². The molecule has 3 nitrogen and oxygen atoms in total. The van der Waals surface area contributed by atoms with Crippen LogP contribution >= 0.6 is 11.3 Å². The molecule has 0 bridgehead atoms. The number of likely N-dealkylation sites (tertiary alicyclic amines) is 1. The van der Waals surface area contributed by atoms with E-state index in [2.05, 4.69) is 17.9 Å². The second-order valence-corrected chi connectivity index (χ2v) is 7.32. The van der Waals surface area contributed by atoms with Gasteiger partial charge in [0, 0.05) is 29.8 Å². The number of piperidine rings is 1. The van der Waals surface area contributed by atoms with E-state index in [1.165, 1.54) is 54.2 Å². The van der Waals surface area contributed by atoms with Gasteiger partial charge in [-0.1, -0.05) is 6.42 Å². The lowest BCUT2D eigenvalue weighted by Crippen LogP contribution is -2.38. The maximum absolute atomic E-state index is 8.94. The zero-order valence-corrected chi connectivity index (χ0v) is 13.1. The number of nitriles is 1. The Labute approximate surface area is 125 Å². The zero-order valence-electron chi connectivity index (χ0n) is 12.3. The second kappa shape index (κ2) is 6.24. The molecular weight excluding hydrogens is 266 g/mol. The molecule has 1 unspecified atom stereocenters. The Kier molecular flexibility index (Phi) is 4.38. The molecule has 108 valence electrons. The van der Waals surface area contributed by atoms with Gasteiger partial charge in [0.2, 0.25) is 0 Å². The molecule has 0 radical (unpaired) electrons. The highest BCUT2D eigenvalue weighted by Crippen LogP contribution is 2.42. The van der Waals surface area contributed by atoms with Crippen molar-refractivity contribution in [1.29, 1.82) is 5.26 Å². The summed E-state index contributed by atoms with van der Waals surface area (Å²) in [7, 11) is 0. The summed E-state index contributed by atoms with van der Waals surface area (Å²) in [6, 6.07) is 3.02. The lowest BCUT2D eigenvalue weighted by Gasteiger charge is -2.33. The standard InChI is InChI=1S/C16H23N3S/c1-12-4-2-3-10-19(12)11-8-15-18-16(13-5-6-13)14(20-15)7-9-17/h12-13H,2-8,10-11H2,1H3. The molecule has 2 heterocycles. The van der Waals surface area contributed by atoms with Gasteiger partial charge in [-0.3, -0.25) is 0 Å². The molecule has 3 rings (SSSR count). The summed E-state index contributed by atoms with van der Waals surface area (Å²) in [5.74, 6) is 0.664. The van der Waals surface area contributed by atoms with Crippen LogP contribution in [0.3, 0.4) is 0 Å². The van der Waals surface area contributed by atoms with Crippen molar-refractivity contribution in [3.8, 4) is 6.07 Å². The van der Waals surface area contributed by atoms with Crippen LogP contribution in [-0.4, -0.2) is 29.0 Å². The highest BCUT2D eigenvalue weighted by atomic mass is 32.1. The predicted octanol–water partition coefficient (Wildman–Crippen LogP) is 3.50. The molecule has 1 aliphatic heterocycles. The fourth-order valence-electron chi connectivity index (χ4n) is 3.12. The first-order chi connectivity index (χ1) is 9.78. The number of hydrogen-bond donors (Lipinski definition) is 0. The Balaban J connectivity index is 1.62. The third kappa shape index (κ3) is 3.21. The molecule has 1 saturated carbocycles. The SMILES string of the molecule is CC1CCCCN1CCc1nc(C2CC2)c(CC#N)s1. The molecule has 0 spiro atoms. The fourth-order valence-corrected chi connectivity index (χ4v) is 4.20. The van der Waals surface area contributed by atoms with Crippen LogP contribution < -0.4 is 0 Å². The van der Waals surface area contributed by atoms with Crippen molar-refractivity contribution in [3.05, 3.63) is 15.6 Å². The third-order valence-corrected chi connectivity index (χ3v) is 5.66. The summed E-state index contributed by atoms with van der Waals surface area (Å²) in [6.45, 7) is 4.72. The van der Waals surface area contributed by atoms with Gasteiger partial charge in [-0.05, 0) is 39.2 Å². The van der Waals surface area contributed by atoms with Gasteiger partial charge < -0.3 is 4.90 Å². The van der Waals surface area contributed by atoms with Crippen molar-refractivity contribution in [2.75, 3.05) is 13.1 Å². The minimum absolute atomic E-state index is 0.545. The molecular formula is C16H23N3S. The van der Waals surface area contributed by atoms with Crippen LogP contribution in [0.2, 0.25) is 0 Å². The first kappa shape index (κ1) is 14.0. The largest absolute Gasteiger partial charge is 0.300 e. The topological polar surface area (TPSA) is 39.9 Å². The van der Waals surface area contributed by atoms with Gasteiger partial charge in [-0.25, -0.2) is 4.98 Å². The van der Waals surface area contributed by atoms with Crippen molar-refractivity contribution in [2.24, 2.45) is 0 Å². The lowest BCUT2D eigenvalue weighted by molar-refractivity contribution is 0.163.